The Morgan fingerprint density at radius 1 is 1.70 bits per heavy atom. The van der Waals surface area contributed by atoms with Crippen LogP contribution in [0.25, 0.3) is 0 Å². The second-order valence-electron chi connectivity index (χ2n) is 1.49. The number of hydrogen-bond donors (Lipinski definition) is 0. The Morgan fingerprint density at radius 2 is 2.50 bits per heavy atom. The van der Waals surface area contributed by atoms with Crippen LogP contribution in [0.5, 0.6) is 6.01 Å². The summed E-state index contributed by atoms with van der Waals surface area (Å²) in [6.07, 6.45) is 1.84. The highest BCUT2D eigenvalue weighted by Gasteiger charge is 1.95. The molecule has 0 amide bonds. The monoisotopic (exact) mass is 139 g/mol. The number of carbonyl (C=O) groups excluding carboxylic acids is 1. The quantitative estimate of drug-likeness (QED) is 0.526. The lowest BCUT2D eigenvalue weighted by Gasteiger charge is -1.93. The van der Waals surface area contributed by atoms with Crippen molar-refractivity contribution in [3.63, 3.8) is 0 Å². The maximum absolute atomic E-state index is 10.1. The van der Waals surface area contributed by atoms with Crippen molar-refractivity contribution in [3.8, 4) is 6.01 Å². The first-order valence-electron chi connectivity index (χ1n) is 2.55. The fraction of sp³-hybridized carbons (Fsp3) is 0.200. The normalized spacial score (nSPS) is 8.90. The molecule has 0 aromatic carbocycles. The Labute approximate surface area is 57.1 Å². The molecule has 0 atom stereocenters. The zero-order valence-electron chi connectivity index (χ0n) is 5.31. The van der Waals surface area contributed by atoms with Crippen molar-refractivity contribution in [3.05, 3.63) is 11.9 Å². The zero-order valence-corrected chi connectivity index (χ0v) is 5.31. The molecule has 0 aliphatic carbocycles. The van der Waals surface area contributed by atoms with E-state index in [9.17, 15) is 4.79 Å². The molecule has 1 aromatic heterocycles. The molecule has 0 spiro atoms. The average molecular weight is 139 g/mol. The molecule has 1 aromatic rings. The van der Waals surface area contributed by atoms with E-state index in [1.807, 2.05) is 0 Å². The summed E-state index contributed by atoms with van der Waals surface area (Å²) in [5.74, 6) is 0. The third kappa shape index (κ3) is 1.25. The van der Waals surface area contributed by atoms with E-state index in [-0.39, 0.29) is 11.7 Å². The predicted octanol–water partition coefficient (Wildman–Crippen LogP) is -0.307. The molecular weight excluding hydrogens is 134 g/mol. The molecule has 0 saturated heterocycles. The smallest absolute Gasteiger partial charge is 0.336 e. The van der Waals surface area contributed by atoms with E-state index in [1.54, 1.807) is 0 Å². The molecule has 1 rings (SSSR count). The van der Waals surface area contributed by atoms with Gasteiger partial charge in [-0.15, -0.1) is 0 Å². The Bertz CT molecular complexity index is 238. The van der Waals surface area contributed by atoms with E-state index in [2.05, 4.69) is 19.9 Å². The predicted molar refractivity (Wildman–Crippen MR) is 31.8 cm³/mol. The van der Waals surface area contributed by atoms with E-state index in [0.717, 1.165) is 0 Å². The lowest BCUT2D eigenvalue weighted by Crippen LogP contribution is -1.97. The first-order valence-corrected chi connectivity index (χ1v) is 2.55. The van der Waals surface area contributed by atoms with Crippen molar-refractivity contribution in [1.82, 2.24) is 15.2 Å². The van der Waals surface area contributed by atoms with Gasteiger partial charge in [0, 0.05) is 0 Å². The number of carbonyl (C=O) groups is 1. The summed E-state index contributed by atoms with van der Waals surface area (Å²) in [5, 5.41) is 6.92. The van der Waals surface area contributed by atoms with Gasteiger partial charge in [-0.05, 0) is 0 Å². The van der Waals surface area contributed by atoms with Crippen LogP contribution in [0.3, 0.4) is 0 Å². The minimum atomic E-state index is 0.101. The topological polar surface area (TPSA) is 65.0 Å². The number of aromatic nitrogens is 3. The molecular formula is C5H5N3O2. The summed E-state index contributed by atoms with van der Waals surface area (Å²) in [6.45, 7) is 0. The molecule has 0 aliphatic rings. The van der Waals surface area contributed by atoms with Gasteiger partial charge in [0.2, 0.25) is 0 Å². The van der Waals surface area contributed by atoms with E-state index in [1.165, 1.54) is 13.3 Å². The van der Waals surface area contributed by atoms with Crippen molar-refractivity contribution in [2.75, 3.05) is 7.11 Å². The van der Waals surface area contributed by atoms with Crippen LogP contribution in [0.2, 0.25) is 0 Å². The molecule has 0 N–H and O–H groups in total. The molecule has 52 valence electrons. The van der Waals surface area contributed by atoms with Crippen molar-refractivity contribution < 1.29 is 9.53 Å². The van der Waals surface area contributed by atoms with Gasteiger partial charge in [-0.25, -0.2) is 0 Å². The molecule has 5 nitrogen and oxygen atoms in total. The lowest BCUT2D eigenvalue weighted by molar-refractivity contribution is 0.111. The Morgan fingerprint density at radius 3 is 3.10 bits per heavy atom. The number of hydrogen-bond acceptors (Lipinski definition) is 5. The molecule has 1 heterocycles. The fourth-order valence-electron chi connectivity index (χ4n) is 0.442. The summed E-state index contributed by atoms with van der Waals surface area (Å²) >= 11 is 0. The number of nitrogens with zero attached hydrogens (tertiary/aromatic N) is 3. The number of ether oxygens (including phenoxy) is 1. The van der Waals surface area contributed by atoms with Gasteiger partial charge in [-0.1, -0.05) is 5.10 Å². The molecule has 0 saturated carbocycles. The van der Waals surface area contributed by atoms with Crippen molar-refractivity contribution in [1.29, 1.82) is 0 Å². The average Bonchev–Trinajstić information content (AvgIpc) is 2.05. The minimum Gasteiger partial charge on any atom is -0.466 e. The van der Waals surface area contributed by atoms with Crippen LogP contribution in [-0.2, 0) is 0 Å². The van der Waals surface area contributed by atoms with Gasteiger partial charge in [-0.3, -0.25) is 4.79 Å². The third-order valence-electron chi connectivity index (χ3n) is 0.861. The van der Waals surface area contributed by atoms with Gasteiger partial charge < -0.3 is 4.74 Å². The molecule has 0 fully saturated rings. The van der Waals surface area contributed by atoms with E-state index in [0.29, 0.717) is 6.29 Å². The SMILES string of the molecule is COc1nncc(C=O)n1. The molecule has 10 heavy (non-hydrogen) atoms. The van der Waals surface area contributed by atoms with Crippen molar-refractivity contribution >= 4 is 6.29 Å². The Kier molecular flexibility index (Phi) is 1.89. The lowest BCUT2D eigenvalue weighted by atomic mass is 10.5. The summed E-state index contributed by atoms with van der Waals surface area (Å²) in [7, 11) is 1.41. The third-order valence-corrected chi connectivity index (χ3v) is 0.861. The molecule has 5 heteroatoms. The second-order valence-corrected chi connectivity index (χ2v) is 1.49. The van der Waals surface area contributed by atoms with E-state index < -0.39 is 0 Å². The maximum Gasteiger partial charge on any atom is 0.336 e. The van der Waals surface area contributed by atoms with Gasteiger partial charge >= 0.3 is 6.01 Å². The van der Waals surface area contributed by atoms with Crippen LogP contribution < -0.4 is 4.74 Å². The van der Waals surface area contributed by atoms with Crippen LogP contribution in [0.1, 0.15) is 10.5 Å². The Hall–Kier alpha value is -1.52. The minimum absolute atomic E-state index is 0.101. The zero-order chi connectivity index (χ0) is 7.40. The number of methoxy groups -OCH3 is 1. The van der Waals surface area contributed by atoms with Crippen LogP contribution in [0.15, 0.2) is 6.20 Å². The van der Waals surface area contributed by atoms with Crippen LogP contribution in [0.4, 0.5) is 0 Å². The van der Waals surface area contributed by atoms with Crippen molar-refractivity contribution in [2.24, 2.45) is 0 Å². The summed E-state index contributed by atoms with van der Waals surface area (Å²) in [4.78, 5) is 13.7. The van der Waals surface area contributed by atoms with Crippen LogP contribution in [-0.4, -0.2) is 28.6 Å². The van der Waals surface area contributed by atoms with E-state index >= 15 is 0 Å². The highest BCUT2D eigenvalue weighted by atomic mass is 16.5. The van der Waals surface area contributed by atoms with Crippen LogP contribution in [0, 0.1) is 0 Å². The number of rotatable bonds is 2. The van der Waals surface area contributed by atoms with Gasteiger partial charge in [0.1, 0.15) is 5.69 Å². The molecule has 0 radical (unpaired) electrons. The van der Waals surface area contributed by atoms with Gasteiger partial charge in [-0.2, -0.15) is 10.1 Å². The molecule has 0 bridgehead atoms. The number of aldehydes is 1. The largest absolute Gasteiger partial charge is 0.466 e. The molecule has 0 aliphatic heterocycles. The summed E-state index contributed by atoms with van der Waals surface area (Å²) < 4.78 is 4.61. The van der Waals surface area contributed by atoms with Gasteiger partial charge in [0.25, 0.3) is 0 Å². The standard InChI is InChI=1S/C5H5N3O2/c1-10-5-7-4(3-9)2-6-8-5/h2-3H,1H3. The van der Waals surface area contributed by atoms with Gasteiger partial charge in [0.05, 0.1) is 13.3 Å². The highest BCUT2D eigenvalue weighted by molar-refractivity contribution is 5.70. The highest BCUT2D eigenvalue weighted by Crippen LogP contribution is 1.95. The Balaban J connectivity index is 2.98. The van der Waals surface area contributed by atoms with E-state index in [4.69, 9.17) is 0 Å². The maximum atomic E-state index is 10.1. The second kappa shape index (κ2) is 2.86. The van der Waals surface area contributed by atoms with Crippen molar-refractivity contribution in [2.45, 2.75) is 0 Å². The summed E-state index contributed by atoms with van der Waals surface area (Å²) in [5.41, 5.74) is 0.215. The summed E-state index contributed by atoms with van der Waals surface area (Å²) in [6, 6.07) is 0.101. The first kappa shape index (κ1) is 6.60. The molecule has 0 unspecified atom stereocenters. The van der Waals surface area contributed by atoms with Crippen LogP contribution >= 0.6 is 0 Å². The van der Waals surface area contributed by atoms with Gasteiger partial charge in [0.15, 0.2) is 6.29 Å². The first-order chi connectivity index (χ1) is 4.86. The fourth-order valence-corrected chi connectivity index (χ4v) is 0.442.